The lowest BCUT2D eigenvalue weighted by molar-refractivity contribution is -0.119. The van der Waals surface area contributed by atoms with Crippen LogP contribution in [0.5, 0.6) is 0 Å². The van der Waals surface area contributed by atoms with Crippen molar-refractivity contribution >= 4 is 23.3 Å². The summed E-state index contributed by atoms with van der Waals surface area (Å²) in [6.07, 6.45) is -1.36. The average molecular weight is 261 g/mol. The van der Waals surface area contributed by atoms with E-state index in [4.69, 9.17) is 17.3 Å². The van der Waals surface area contributed by atoms with E-state index >= 15 is 0 Å². The number of aromatic nitrogens is 2. The number of rotatable bonds is 4. The van der Waals surface area contributed by atoms with Gasteiger partial charge in [0.2, 0.25) is 5.91 Å². The predicted molar refractivity (Wildman–Crippen MR) is 61.1 cm³/mol. The van der Waals surface area contributed by atoms with Gasteiger partial charge in [0.15, 0.2) is 0 Å². The molecule has 0 saturated heterocycles. The van der Waals surface area contributed by atoms with E-state index in [9.17, 15) is 15.0 Å². The molecule has 0 spiro atoms. The van der Waals surface area contributed by atoms with E-state index in [0.29, 0.717) is 0 Å². The SMILES string of the molecule is CC(=O)NCC(O)C(O)c1ncc(Cl)nc1N. The molecule has 1 aromatic rings. The number of carbonyl (C=O) groups is 1. The van der Waals surface area contributed by atoms with Crippen molar-refractivity contribution in [1.29, 1.82) is 0 Å². The molecule has 2 unspecified atom stereocenters. The molecule has 0 aromatic carbocycles. The van der Waals surface area contributed by atoms with Gasteiger partial charge in [-0.25, -0.2) is 4.98 Å². The summed E-state index contributed by atoms with van der Waals surface area (Å²) in [6, 6.07) is 0. The molecule has 0 saturated carbocycles. The third-order valence-electron chi connectivity index (χ3n) is 2.00. The van der Waals surface area contributed by atoms with Gasteiger partial charge in [0.25, 0.3) is 0 Å². The minimum absolute atomic E-state index is 0.0206. The maximum absolute atomic E-state index is 10.6. The summed E-state index contributed by atoms with van der Waals surface area (Å²) < 4.78 is 0. The second kappa shape index (κ2) is 5.76. The highest BCUT2D eigenvalue weighted by atomic mass is 35.5. The van der Waals surface area contributed by atoms with E-state index in [2.05, 4.69) is 15.3 Å². The van der Waals surface area contributed by atoms with Crippen molar-refractivity contribution in [1.82, 2.24) is 15.3 Å². The summed E-state index contributed by atoms with van der Waals surface area (Å²) >= 11 is 5.55. The van der Waals surface area contributed by atoms with E-state index in [0.717, 1.165) is 0 Å². The average Bonchev–Trinajstić information content (AvgIpc) is 2.25. The van der Waals surface area contributed by atoms with Gasteiger partial charge in [-0.1, -0.05) is 11.6 Å². The Balaban J connectivity index is 2.74. The molecule has 0 radical (unpaired) electrons. The van der Waals surface area contributed by atoms with E-state index < -0.39 is 12.2 Å². The zero-order chi connectivity index (χ0) is 13.0. The van der Waals surface area contributed by atoms with Crippen LogP contribution in [0.2, 0.25) is 5.15 Å². The number of amides is 1. The molecule has 0 aliphatic carbocycles. The second-order valence-corrected chi connectivity index (χ2v) is 3.80. The zero-order valence-electron chi connectivity index (χ0n) is 9.09. The lowest BCUT2D eigenvalue weighted by Gasteiger charge is -2.18. The Kier molecular flexibility index (Phi) is 4.62. The Hall–Kier alpha value is -1.44. The lowest BCUT2D eigenvalue weighted by atomic mass is 10.1. The number of nitrogens with zero attached hydrogens (tertiary/aromatic N) is 2. The van der Waals surface area contributed by atoms with Crippen LogP contribution in [0.1, 0.15) is 18.7 Å². The van der Waals surface area contributed by atoms with Gasteiger partial charge in [0.1, 0.15) is 28.9 Å². The van der Waals surface area contributed by atoms with Gasteiger partial charge in [0, 0.05) is 13.5 Å². The zero-order valence-corrected chi connectivity index (χ0v) is 9.85. The molecule has 17 heavy (non-hydrogen) atoms. The summed E-state index contributed by atoms with van der Waals surface area (Å²) in [5.41, 5.74) is 5.52. The van der Waals surface area contributed by atoms with Crippen LogP contribution in [0.15, 0.2) is 6.20 Å². The summed E-state index contributed by atoms with van der Waals surface area (Å²) in [6.45, 7) is 1.19. The molecule has 1 heterocycles. The van der Waals surface area contributed by atoms with Crippen molar-refractivity contribution in [2.45, 2.75) is 19.1 Å². The highest BCUT2D eigenvalue weighted by molar-refractivity contribution is 6.29. The van der Waals surface area contributed by atoms with Gasteiger partial charge in [-0.2, -0.15) is 0 Å². The van der Waals surface area contributed by atoms with Gasteiger partial charge >= 0.3 is 0 Å². The summed E-state index contributed by atoms with van der Waals surface area (Å²) in [5.74, 6) is -0.377. The van der Waals surface area contributed by atoms with Crippen LogP contribution >= 0.6 is 11.6 Å². The minimum Gasteiger partial charge on any atom is -0.388 e. The molecule has 0 aliphatic rings. The Morgan fingerprint density at radius 2 is 2.29 bits per heavy atom. The molecule has 94 valence electrons. The first-order valence-electron chi connectivity index (χ1n) is 4.80. The third-order valence-corrected chi connectivity index (χ3v) is 2.19. The van der Waals surface area contributed by atoms with Crippen molar-refractivity contribution in [2.24, 2.45) is 0 Å². The number of aliphatic hydroxyl groups excluding tert-OH is 2. The Labute approximate surface area is 103 Å². The molecule has 1 rings (SSSR count). The molecule has 1 aromatic heterocycles. The summed E-state index contributed by atoms with van der Waals surface area (Å²) in [5, 5.41) is 21.8. The van der Waals surface area contributed by atoms with E-state index in [-0.39, 0.29) is 29.1 Å². The highest BCUT2D eigenvalue weighted by Gasteiger charge is 2.22. The van der Waals surface area contributed by atoms with Crippen LogP contribution < -0.4 is 11.1 Å². The number of carbonyl (C=O) groups excluding carboxylic acids is 1. The van der Waals surface area contributed by atoms with E-state index in [1.165, 1.54) is 13.1 Å². The smallest absolute Gasteiger partial charge is 0.216 e. The highest BCUT2D eigenvalue weighted by Crippen LogP contribution is 2.20. The van der Waals surface area contributed by atoms with Crippen LogP contribution in [0, 0.1) is 0 Å². The number of halogens is 1. The van der Waals surface area contributed by atoms with Crippen molar-refractivity contribution < 1.29 is 15.0 Å². The number of hydrogen-bond donors (Lipinski definition) is 4. The number of aliphatic hydroxyl groups is 2. The fourth-order valence-electron chi connectivity index (χ4n) is 1.16. The lowest BCUT2D eigenvalue weighted by Crippen LogP contribution is -2.34. The number of nitrogens with two attached hydrogens (primary N) is 1. The normalized spacial score (nSPS) is 14.1. The molecule has 0 aliphatic heterocycles. The number of anilines is 1. The topological polar surface area (TPSA) is 121 Å². The van der Waals surface area contributed by atoms with Gasteiger partial charge in [-0.15, -0.1) is 0 Å². The fourth-order valence-corrected chi connectivity index (χ4v) is 1.30. The number of nitrogens with one attached hydrogen (secondary N) is 1. The molecule has 7 nitrogen and oxygen atoms in total. The van der Waals surface area contributed by atoms with Gasteiger partial charge in [0.05, 0.1) is 6.20 Å². The van der Waals surface area contributed by atoms with Crippen LogP contribution in [0.4, 0.5) is 5.82 Å². The molecule has 2 atom stereocenters. The van der Waals surface area contributed by atoms with Gasteiger partial charge < -0.3 is 21.3 Å². The van der Waals surface area contributed by atoms with Crippen LogP contribution in [0.3, 0.4) is 0 Å². The van der Waals surface area contributed by atoms with Gasteiger partial charge in [-0.3, -0.25) is 9.78 Å². The standard InChI is InChI=1S/C9H13ClN4O3/c1-4(15)12-2-5(16)8(17)7-9(11)14-6(10)3-13-7/h3,5,8,16-17H,2H2,1H3,(H2,11,14)(H,12,15). The van der Waals surface area contributed by atoms with Crippen molar-refractivity contribution in [2.75, 3.05) is 12.3 Å². The minimum atomic E-state index is -1.34. The molecule has 8 heteroatoms. The van der Waals surface area contributed by atoms with Crippen molar-refractivity contribution in [3.63, 3.8) is 0 Å². The maximum Gasteiger partial charge on any atom is 0.216 e. The number of hydrogen-bond acceptors (Lipinski definition) is 6. The molecule has 0 fully saturated rings. The molecular formula is C9H13ClN4O3. The van der Waals surface area contributed by atoms with Crippen LogP contribution in [-0.2, 0) is 4.79 Å². The molecular weight excluding hydrogens is 248 g/mol. The first kappa shape index (κ1) is 13.6. The Morgan fingerprint density at radius 1 is 1.65 bits per heavy atom. The van der Waals surface area contributed by atoms with Gasteiger partial charge in [-0.05, 0) is 0 Å². The van der Waals surface area contributed by atoms with Crippen molar-refractivity contribution in [3.8, 4) is 0 Å². The summed E-state index contributed by atoms with van der Waals surface area (Å²) in [7, 11) is 0. The van der Waals surface area contributed by atoms with E-state index in [1.54, 1.807) is 0 Å². The Morgan fingerprint density at radius 3 is 2.82 bits per heavy atom. The largest absolute Gasteiger partial charge is 0.388 e. The molecule has 5 N–H and O–H groups in total. The van der Waals surface area contributed by atoms with Crippen LogP contribution in [0.25, 0.3) is 0 Å². The number of nitrogen functional groups attached to an aromatic ring is 1. The summed E-state index contributed by atoms with van der Waals surface area (Å²) in [4.78, 5) is 18.1. The third kappa shape index (κ3) is 3.81. The first-order valence-corrected chi connectivity index (χ1v) is 5.18. The van der Waals surface area contributed by atoms with Crippen LogP contribution in [-0.4, -0.2) is 38.7 Å². The monoisotopic (exact) mass is 260 g/mol. The Bertz CT molecular complexity index is 415. The predicted octanol–water partition coefficient (Wildman–Crippen LogP) is -0.757. The quantitative estimate of drug-likeness (QED) is 0.565. The molecule has 1 amide bonds. The fraction of sp³-hybridized carbons (Fsp3) is 0.444. The van der Waals surface area contributed by atoms with E-state index in [1.807, 2.05) is 0 Å². The second-order valence-electron chi connectivity index (χ2n) is 3.41. The maximum atomic E-state index is 10.6. The first-order chi connectivity index (χ1) is 7.91. The van der Waals surface area contributed by atoms with Crippen molar-refractivity contribution in [3.05, 3.63) is 17.0 Å². The molecule has 0 bridgehead atoms.